The molecule has 1 aliphatic rings. The number of hydrogen-bond donors (Lipinski definition) is 0. The second-order valence-electron chi connectivity index (χ2n) is 5.29. The highest BCUT2D eigenvalue weighted by Gasteiger charge is 2.15. The number of alkyl halides is 1. The Bertz CT molecular complexity index is 322. The molecule has 1 heteroatoms. The SMILES string of the molecule is CCC(Br)Cc1ccc(C2CCCCC2)cc1. The van der Waals surface area contributed by atoms with Crippen LogP contribution in [0.5, 0.6) is 0 Å². The summed E-state index contributed by atoms with van der Waals surface area (Å²) in [6.07, 6.45) is 9.43. The van der Waals surface area contributed by atoms with E-state index >= 15 is 0 Å². The van der Waals surface area contributed by atoms with E-state index in [0.717, 1.165) is 12.3 Å². The highest BCUT2D eigenvalue weighted by molar-refractivity contribution is 9.09. The second kappa shape index (κ2) is 6.58. The van der Waals surface area contributed by atoms with Gasteiger partial charge in [-0.1, -0.05) is 66.4 Å². The van der Waals surface area contributed by atoms with Crippen molar-refractivity contribution >= 4 is 15.9 Å². The Hall–Kier alpha value is -0.300. The first-order valence-corrected chi connectivity index (χ1v) is 7.94. The third-order valence-electron chi connectivity index (χ3n) is 3.96. The van der Waals surface area contributed by atoms with Crippen molar-refractivity contribution in [1.29, 1.82) is 0 Å². The van der Waals surface area contributed by atoms with Crippen molar-refractivity contribution < 1.29 is 0 Å². The maximum atomic E-state index is 3.71. The van der Waals surface area contributed by atoms with Crippen LogP contribution >= 0.6 is 15.9 Å². The van der Waals surface area contributed by atoms with Crippen LogP contribution in [0, 0.1) is 0 Å². The van der Waals surface area contributed by atoms with Gasteiger partial charge in [0.1, 0.15) is 0 Å². The van der Waals surface area contributed by atoms with Crippen LogP contribution in [0.25, 0.3) is 0 Å². The first kappa shape index (κ1) is 13.1. The van der Waals surface area contributed by atoms with E-state index in [2.05, 4.69) is 47.1 Å². The summed E-state index contributed by atoms with van der Waals surface area (Å²) in [4.78, 5) is 0.628. The van der Waals surface area contributed by atoms with E-state index in [4.69, 9.17) is 0 Å². The molecule has 1 atom stereocenters. The predicted molar refractivity (Wildman–Crippen MR) is 79.0 cm³/mol. The topological polar surface area (TPSA) is 0 Å². The highest BCUT2D eigenvalue weighted by Crippen LogP contribution is 2.32. The maximum Gasteiger partial charge on any atom is 0.0183 e. The quantitative estimate of drug-likeness (QED) is 0.648. The van der Waals surface area contributed by atoms with E-state index in [9.17, 15) is 0 Å². The summed E-state index contributed by atoms with van der Waals surface area (Å²) in [6.45, 7) is 2.23. The zero-order chi connectivity index (χ0) is 12.1. The standard InChI is InChI=1S/C16H23Br/c1-2-16(17)12-13-8-10-15(11-9-13)14-6-4-3-5-7-14/h8-11,14,16H,2-7,12H2,1H3. The van der Waals surface area contributed by atoms with Crippen molar-refractivity contribution in [3.63, 3.8) is 0 Å². The zero-order valence-electron chi connectivity index (χ0n) is 10.8. The molecule has 0 aliphatic heterocycles. The first-order chi connectivity index (χ1) is 8.29. The summed E-state index contributed by atoms with van der Waals surface area (Å²) in [5, 5.41) is 0. The Morgan fingerprint density at radius 1 is 1.12 bits per heavy atom. The Morgan fingerprint density at radius 3 is 2.35 bits per heavy atom. The third kappa shape index (κ3) is 3.84. The van der Waals surface area contributed by atoms with E-state index in [1.165, 1.54) is 44.1 Å². The van der Waals surface area contributed by atoms with Gasteiger partial charge in [-0.05, 0) is 42.7 Å². The lowest BCUT2D eigenvalue weighted by Gasteiger charge is -2.22. The van der Waals surface area contributed by atoms with Gasteiger partial charge >= 0.3 is 0 Å². The average molecular weight is 295 g/mol. The molecule has 0 heterocycles. The summed E-state index contributed by atoms with van der Waals surface area (Å²) in [7, 11) is 0. The number of hydrogen-bond acceptors (Lipinski definition) is 0. The van der Waals surface area contributed by atoms with Crippen LogP contribution in [0.2, 0.25) is 0 Å². The molecule has 1 fully saturated rings. The zero-order valence-corrected chi connectivity index (χ0v) is 12.4. The van der Waals surface area contributed by atoms with Gasteiger partial charge in [-0.25, -0.2) is 0 Å². The van der Waals surface area contributed by atoms with Gasteiger partial charge in [0.2, 0.25) is 0 Å². The molecular weight excluding hydrogens is 272 g/mol. The van der Waals surface area contributed by atoms with E-state index in [0.29, 0.717) is 4.83 Å². The Labute approximate surface area is 114 Å². The fraction of sp³-hybridized carbons (Fsp3) is 0.625. The lowest BCUT2D eigenvalue weighted by molar-refractivity contribution is 0.443. The molecule has 1 aromatic rings. The van der Waals surface area contributed by atoms with Crippen LogP contribution < -0.4 is 0 Å². The molecule has 94 valence electrons. The Morgan fingerprint density at radius 2 is 1.76 bits per heavy atom. The van der Waals surface area contributed by atoms with Gasteiger partial charge in [0.25, 0.3) is 0 Å². The number of benzene rings is 1. The second-order valence-corrected chi connectivity index (χ2v) is 6.58. The van der Waals surface area contributed by atoms with Crippen LogP contribution in [0.1, 0.15) is 62.5 Å². The molecule has 0 amide bonds. The molecule has 1 aliphatic carbocycles. The first-order valence-electron chi connectivity index (χ1n) is 7.02. The normalized spacial score (nSPS) is 19.2. The van der Waals surface area contributed by atoms with Crippen LogP contribution in [-0.2, 0) is 6.42 Å². The largest absolute Gasteiger partial charge is 0.0887 e. The van der Waals surface area contributed by atoms with E-state index < -0.39 is 0 Å². The van der Waals surface area contributed by atoms with Crippen molar-refractivity contribution in [2.24, 2.45) is 0 Å². The predicted octanol–water partition coefficient (Wildman–Crippen LogP) is 5.45. The summed E-state index contributed by atoms with van der Waals surface area (Å²) < 4.78 is 0. The van der Waals surface area contributed by atoms with Crippen molar-refractivity contribution in [3.05, 3.63) is 35.4 Å². The van der Waals surface area contributed by atoms with Crippen molar-refractivity contribution in [3.8, 4) is 0 Å². The highest BCUT2D eigenvalue weighted by atomic mass is 79.9. The summed E-state index contributed by atoms with van der Waals surface area (Å²) in [6, 6.07) is 9.38. The molecule has 1 unspecified atom stereocenters. The van der Waals surface area contributed by atoms with Crippen molar-refractivity contribution in [2.45, 2.75) is 62.6 Å². The van der Waals surface area contributed by atoms with Gasteiger partial charge in [-0.15, -0.1) is 0 Å². The van der Waals surface area contributed by atoms with Gasteiger partial charge in [0.05, 0.1) is 0 Å². The smallest absolute Gasteiger partial charge is 0.0183 e. The summed E-state index contributed by atoms with van der Waals surface area (Å²) in [5.41, 5.74) is 3.03. The molecule has 1 aromatic carbocycles. The molecule has 0 spiro atoms. The van der Waals surface area contributed by atoms with Crippen molar-refractivity contribution in [1.82, 2.24) is 0 Å². The van der Waals surface area contributed by atoms with Crippen LogP contribution in [0.15, 0.2) is 24.3 Å². The molecule has 0 radical (unpaired) electrons. The molecule has 0 aromatic heterocycles. The Kier molecular flexibility index (Phi) is 5.09. The third-order valence-corrected chi connectivity index (χ3v) is 4.93. The van der Waals surface area contributed by atoms with Crippen LogP contribution in [0.3, 0.4) is 0 Å². The Balaban J connectivity index is 1.97. The maximum absolute atomic E-state index is 3.71. The minimum absolute atomic E-state index is 0.628. The monoisotopic (exact) mass is 294 g/mol. The van der Waals surface area contributed by atoms with Crippen LogP contribution in [0.4, 0.5) is 0 Å². The molecule has 0 saturated heterocycles. The fourth-order valence-electron chi connectivity index (χ4n) is 2.76. The molecule has 0 N–H and O–H groups in total. The molecular formula is C16H23Br. The van der Waals surface area contributed by atoms with Gasteiger partial charge in [-0.2, -0.15) is 0 Å². The average Bonchev–Trinajstić information content (AvgIpc) is 2.40. The molecule has 17 heavy (non-hydrogen) atoms. The van der Waals surface area contributed by atoms with Gasteiger partial charge in [-0.3, -0.25) is 0 Å². The van der Waals surface area contributed by atoms with Crippen LogP contribution in [-0.4, -0.2) is 4.83 Å². The summed E-state index contributed by atoms with van der Waals surface area (Å²) in [5.74, 6) is 0.837. The molecule has 0 bridgehead atoms. The lowest BCUT2D eigenvalue weighted by Crippen LogP contribution is -2.05. The van der Waals surface area contributed by atoms with E-state index in [1.807, 2.05) is 0 Å². The number of rotatable bonds is 4. The van der Waals surface area contributed by atoms with Gasteiger partial charge < -0.3 is 0 Å². The van der Waals surface area contributed by atoms with E-state index in [1.54, 1.807) is 5.56 Å². The molecule has 0 nitrogen and oxygen atoms in total. The minimum atomic E-state index is 0.628. The summed E-state index contributed by atoms with van der Waals surface area (Å²) >= 11 is 3.71. The van der Waals surface area contributed by atoms with Crippen molar-refractivity contribution in [2.75, 3.05) is 0 Å². The number of halogens is 1. The van der Waals surface area contributed by atoms with E-state index in [-0.39, 0.29) is 0 Å². The van der Waals surface area contributed by atoms with Gasteiger partial charge in [0.15, 0.2) is 0 Å². The van der Waals surface area contributed by atoms with Gasteiger partial charge in [0, 0.05) is 4.83 Å². The lowest BCUT2D eigenvalue weighted by atomic mass is 9.84. The minimum Gasteiger partial charge on any atom is -0.0887 e. The molecule has 2 rings (SSSR count). The molecule has 1 saturated carbocycles. The fourth-order valence-corrected chi connectivity index (χ4v) is 3.14.